The minimum atomic E-state index is -0.862. The standard InChI is InChI=1S/C18H27N3O5/c1-12(2)14(15(22)25-11-13-9-7-6-8-10-13)19-16(23)20-21-17(24)26-18(3,4)5/h6-10,12,14H,11H2,1-5H3,(H,21,24)(H2,19,20,23)/t14-/m0/s1. The van der Waals surface area contributed by atoms with Crippen molar-refractivity contribution in [1.82, 2.24) is 16.2 Å². The van der Waals surface area contributed by atoms with Gasteiger partial charge in [-0.2, -0.15) is 0 Å². The van der Waals surface area contributed by atoms with Crippen LogP contribution in [-0.4, -0.2) is 29.7 Å². The second-order valence-electron chi connectivity index (χ2n) is 7.04. The molecular formula is C18H27N3O5. The molecule has 0 heterocycles. The van der Waals surface area contributed by atoms with Crippen LogP contribution in [-0.2, 0) is 20.9 Å². The summed E-state index contributed by atoms with van der Waals surface area (Å²) in [6.07, 6.45) is -0.805. The highest BCUT2D eigenvalue weighted by Gasteiger charge is 2.26. The summed E-state index contributed by atoms with van der Waals surface area (Å²) in [5.74, 6) is -0.762. The molecule has 3 amide bonds. The predicted molar refractivity (Wildman–Crippen MR) is 95.9 cm³/mol. The van der Waals surface area contributed by atoms with Crippen molar-refractivity contribution in [3.8, 4) is 0 Å². The third-order valence-electron chi connectivity index (χ3n) is 3.11. The lowest BCUT2D eigenvalue weighted by atomic mass is 10.1. The van der Waals surface area contributed by atoms with Gasteiger partial charge in [0.15, 0.2) is 0 Å². The number of hydrogen-bond donors (Lipinski definition) is 3. The number of urea groups is 1. The van der Waals surface area contributed by atoms with Crippen molar-refractivity contribution in [3.63, 3.8) is 0 Å². The van der Waals surface area contributed by atoms with E-state index in [1.807, 2.05) is 30.3 Å². The Balaban J connectivity index is 2.49. The molecule has 0 aromatic heterocycles. The molecule has 0 bridgehead atoms. The molecule has 1 rings (SSSR count). The normalized spacial score (nSPS) is 12.1. The van der Waals surface area contributed by atoms with Crippen LogP contribution >= 0.6 is 0 Å². The van der Waals surface area contributed by atoms with Gasteiger partial charge >= 0.3 is 18.1 Å². The summed E-state index contributed by atoms with van der Waals surface area (Å²) in [6.45, 7) is 8.76. The summed E-state index contributed by atoms with van der Waals surface area (Å²) < 4.78 is 10.2. The van der Waals surface area contributed by atoms with Crippen LogP contribution in [0.15, 0.2) is 30.3 Å². The molecule has 0 aliphatic carbocycles. The van der Waals surface area contributed by atoms with Gasteiger partial charge in [0.05, 0.1) is 0 Å². The molecule has 0 saturated carbocycles. The highest BCUT2D eigenvalue weighted by Crippen LogP contribution is 2.08. The molecular weight excluding hydrogens is 338 g/mol. The van der Waals surface area contributed by atoms with Crippen LogP contribution in [0.5, 0.6) is 0 Å². The number of carbonyl (C=O) groups excluding carboxylic acids is 3. The van der Waals surface area contributed by atoms with Crippen LogP contribution in [0.2, 0.25) is 0 Å². The zero-order chi connectivity index (χ0) is 19.7. The van der Waals surface area contributed by atoms with Crippen molar-refractivity contribution >= 4 is 18.1 Å². The van der Waals surface area contributed by atoms with Gasteiger partial charge in [-0.15, -0.1) is 0 Å². The lowest BCUT2D eigenvalue weighted by Crippen LogP contribution is -2.54. The average Bonchev–Trinajstić information content (AvgIpc) is 2.55. The predicted octanol–water partition coefficient (Wildman–Crippen LogP) is 2.49. The van der Waals surface area contributed by atoms with Gasteiger partial charge in [-0.1, -0.05) is 44.2 Å². The van der Waals surface area contributed by atoms with Crippen LogP contribution in [0.1, 0.15) is 40.2 Å². The fourth-order valence-electron chi connectivity index (χ4n) is 1.90. The third kappa shape index (κ3) is 8.36. The molecule has 1 aromatic carbocycles. The Hall–Kier alpha value is -2.77. The molecule has 1 aromatic rings. The number of benzene rings is 1. The largest absolute Gasteiger partial charge is 0.459 e. The number of ether oxygens (including phenoxy) is 2. The fourth-order valence-corrected chi connectivity index (χ4v) is 1.90. The summed E-state index contributed by atoms with van der Waals surface area (Å²) in [7, 11) is 0. The van der Waals surface area contributed by atoms with Crippen molar-refractivity contribution in [2.24, 2.45) is 5.92 Å². The first kappa shape index (κ1) is 21.3. The van der Waals surface area contributed by atoms with Crippen molar-refractivity contribution in [1.29, 1.82) is 0 Å². The van der Waals surface area contributed by atoms with Gasteiger partial charge in [0.25, 0.3) is 0 Å². The van der Waals surface area contributed by atoms with E-state index >= 15 is 0 Å². The Kier molecular flexibility index (Phi) is 7.89. The highest BCUT2D eigenvalue weighted by atomic mass is 16.6. The van der Waals surface area contributed by atoms with E-state index in [2.05, 4.69) is 16.2 Å². The Morgan fingerprint density at radius 2 is 1.65 bits per heavy atom. The van der Waals surface area contributed by atoms with E-state index in [0.717, 1.165) is 5.56 Å². The number of hydrogen-bond acceptors (Lipinski definition) is 5. The van der Waals surface area contributed by atoms with Crippen LogP contribution < -0.4 is 16.2 Å². The Morgan fingerprint density at radius 3 is 2.19 bits per heavy atom. The molecule has 0 unspecified atom stereocenters. The van der Waals surface area contributed by atoms with E-state index < -0.39 is 29.7 Å². The summed E-state index contributed by atoms with van der Waals surface area (Å²) >= 11 is 0. The Morgan fingerprint density at radius 1 is 1.04 bits per heavy atom. The average molecular weight is 365 g/mol. The molecule has 0 fully saturated rings. The summed E-state index contributed by atoms with van der Waals surface area (Å²) in [5.41, 5.74) is 4.40. The van der Waals surface area contributed by atoms with E-state index in [0.29, 0.717) is 0 Å². The van der Waals surface area contributed by atoms with Crippen LogP contribution in [0.25, 0.3) is 0 Å². The Bertz CT molecular complexity index is 611. The summed E-state index contributed by atoms with van der Waals surface area (Å²) in [6, 6.07) is 7.62. The molecule has 3 N–H and O–H groups in total. The smallest absolute Gasteiger partial charge is 0.426 e. The zero-order valence-electron chi connectivity index (χ0n) is 15.8. The maximum atomic E-state index is 12.2. The monoisotopic (exact) mass is 365 g/mol. The van der Waals surface area contributed by atoms with Gasteiger partial charge in [0, 0.05) is 0 Å². The summed E-state index contributed by atoms with van der Waals surface area (Å²) in [5, 5.41) is 2.48. The molecule has 144 valence electrons. The second-order valence-corrected chi connectivity index (χ2v) is 7.04. The quantitative estimate of drug-likeness (QED) is 0.549. The minimum Gasteiger partial charge on any atom is -0.459 e. The molecule has 1 atom stereocenters. The SMILES string of the molecule is CC(C)[C@H](NC(=O)NNC(=O)OC(C)(C)C)C(=O)OCc1ccccc1. The molecule has 0 radical (unpaired) electrons. The maximum Gasteiger partial charge on any atom is 0.426 e. The number of rotatable bonds is 5. The van der Waals surface area contributed by atoms with Crippen molar-refractivity contribution in [2.45, 2.75) is 52.9 Å². The summed E-state index contributed by atoms with van der Waals surface area (Å²) in [4.78, 5) is 35.7. The second kappa shape index (κ2) is 9.65. The third-order valence-corrected chi connectivity index (χ3v) is 3.11. The first-order chi connectivity index (χ1) is 12.1. The van der Waals surface area contributed by atoms with Gasteiger partial charge in [-0.3, -0.25) is 0 Å². The fraction of sp³-hybridized carbons (Fsp3) is 0.500. The van der Waals surface area contributed by atoms with Crippen molar-refractivity contribution in [3.05, 3.63) is 35.9 Å². The first-order valence-corrected chi connectivity index (χ1v) is 8.34. The minimum absolute atomic E-state index is 0.113. The molecule has 0 aliphatic rings. The number of nitrogens with one attached hydrogen (secondary N) is 3. The highest BCUT2D eigenvalue weighted by molar-refractivity contribution is 5.84. The van der Waals surface area contributed by atoms with E-state index in [4.69, 9.17) is 9.47 Å². The van der Waals surface area contributed by atoms with E-state index in [9.17, 15) is 14.4 Å². The van der Waals surface area contributed by atoms with Crippen molar-refractivity contribution in [2.75, 3.05) is 0 Å². The number of amides is 3. The zero-order valence-corrected chi connectivity index (χ0v) is 15.8. The lowest BCUT2D eigenvalue weighted by Gasteiger charge is -2.22. The van der Waals surface area contributed by atoms with E-state index in [1.165, 1.54) is 0 Å². The first-order valence-electron chi connectivity index (χ1n) is 8.34. The molecule has 26 heavy (non-hydrogen) atoms. The van der Waals surface area contributed by atoms with Gasteiger partial charge in [0.2, 0.25) is 0 Å². The Labute approximate surface area is 153 Å². The lowest BCUT2D eigenvalue weighted by molar-refractivity contribution is -0.148. The molecule has 8 heteroatoms. The van der Waals surface area contributed by atoms with Crippen molar-refractivity contribution < 1.29 is 23.9 Å². The number of carbonyl (C=O) groups is 3. The van der Waals surface area contributed by atoms with Crippen LogP contribution in [0.3, 0.4) is 0 Å². The van der Waals surface area contributed by atoms with E-state index in [-0.39, 0.29) is 12.5 Å². The maximum absolute atomic E-state index is 12.2. The molecule has 0 saturated heterocycles. The van der Waals surface area contributed by atoms with Gasteiger partial charge in [-0.25, -0.2) is 25.2 Å². The number of hydrazine groups is 1. The topological polar surface area (TPSA) is 106 Å². The van der Waals surface area contributed by atoms with E-state index in [1.54, 1.807) is 34.6 Å². The van der Waals surface area contributed by atoms with Crippen LogP contribution in [0.4, 0.5) is 9.59 Å². The molecule has 0 aliphatic heterocycles. The molecule has 8 nitrogen and oxygen atoms in total. The van der Waals surface area contributed by atoms with Gasteiger partial charge in [-0.05, 0) is 32.3 Å². The van der Waals surface area contributed by atoms with Gasteiger partial charge in [0.1, 0.15) is 18.2 Å². The molecule has 0 spiro atoms. The number of esters is 1. The van der Waals surface area contributed by atoms with Crippen LogP contribution in [0, 0.1) is 5.92 Å². The van der Waals surface area contributed by atoms with Gasteiger partial charge < -0.3 is 14.8 Å².